The summed E-state index contributed by atoms with van der Waals surface area (Å²) < 4.78 is 3.97. The summed E-state index contributed by atoms with van der Waals surface area (Å²) in [5.74, 6) is -1.12. The largest absolute Gasteiger partial charge is 0.394 e. The van der Waals surface area contributed by atoms with Gasteiger partial charge in [0.2, 0.25) is 0 Å². The lowest BCUT2D eigenvalue weighted by molar-refractivity contribution is -0.156. The van der Waals surface area contributed by atoms with E-state index in [-0.39, 0.29) is 0 Å². The Hall–Kier alpha value is -0.860. The molecule has 0 radical (unpaired) electrons. The quantitative estimate of drug-likeness (QED) is 0.325. The van der Waals surface area contributed by atoms with E-state index in [1.54, 1.807) is 0 Å². The molecule has 0 aliphatic carbocycles. The molecule has 0 unspecified atom stereocenters. The second-order valence-corrected chi connectivity index (χ2v) is 1.09. The van der Waals surface area contributed by atoms with E-state index in [4.69, 9.17) is 0 Å². The zero-order chi connectivity index (χ0) is 5.86. The van der Waals surface area contributed by atoms with Gasteiger partial charge in [-0.15, -0.1) is 0 Å². The van der Waals surface area contributed by atoms with E-state index >= 15 is 0 Å². The van der Waals surface area contributed by atoms with Crippen molar-refractivity contribution in [3.05, 3.63) is 0 Å². The van der Waals surface area contributed by atoms with Crippen molar-refractivity contribution < 1.29 is 14.3 Å². The molecule has 0 saturated heterocycles. The summed E-state index contributed by atoms with van der Waals surface area (Å²) in [7, 11) is 0. The number of carbonyl (C=O) groups excluding carboxylic acids is 2. The molecule has 0 N–H and O–H groups in total. The van der Waals surface area contributed by atoms with Crippen molar-refractivity contribution in [1.29, 1.82) is 0 Å². The third-order valence-electron chi connectivity index (χ3n) is 0.287. The molecule has 0 aliphatic heterocycles. The molecule has 0 saturated carbocycles. The van der Waals surface area contributed by atoms with Crippen molar-refractivity contribution in [2.24, 2.45) is 0 Å². The molecule has 3 heteroatoms. The summed E-state index contributed by atoms with van der Waals surface area (Å²) in [4.78, 5) is 19.6. The van der Waals surface area contributed by atoms with Gasteiger partial charge in [0.15, 0.2) is 0 Å². The molecule has 0 rings (SSSR count). The van der Waals surface area contributed by atoms with Crippen LogP contribution in [0.3, 0.4) is 0 Å². The maximum Gasteiger partial charge on any atom is 0.310 e. The van der Waals surface area contributed by atoms with Crippen molar-refractivity contribution in [2.75, 3.05) is 0 Å². The Labute approximate surface area is 41.3 Å². The Bertz CT molecular complexity index is 83.1. The summed E-state index contributed by atoms with van der Waals surface area (Å²) in [5, 5.41) is 0. The molecular weight excluding hydrogens is 100 g/mol. The van der Waals surface area contributed by atoms with E-state index in [1.807, 2.05) is 0 Å². The first-order valence-corrected chi connectivity index (χ1v) is 1.82. The molecule has 0 amide bonds. The molecule has 0 spiro atoms. The van der Waals surface area contributed by atoms with Crippen LogP contribution in [0.25, 0.3) is 0 Å². The Kier molecular flexibility index (Phi) is 2.05. The van der Waals surface area contributed by atoms with E-state index in [0.29, 0.717) is 0 Å². The Balaban J connectivity index is 3.32. The van der Waals surface area contributed by atoms with Crippen LogP contribution in [0.4, 0.5) is 0 Å². The Morgan fingerprint density at radius 3 is 1.43 bits per heavy atom. The maximum atomic E-state index is 9.81. The zero-order valence-electron chi connectivity index (χ0n) is 4.22. The Morgan fingerprint density at radius 2 is 1.43 bits per heavy atom. The van der Waals surface area contributed by atoms with Gasteiger partial charge in [0.1, 0.15) is 0 Å². The van der Waals surface area contributed by atoms with Crippen molar-refractivity contribution in [2.45, 2.75) is 13.8 Å². The fourth-order valence-corrected chi connectivity index (χ4v) is 0.202. The molecule has 0 atom stereocenters. The van der Waals surface area contributed by atoms with Crippen LogP contribution >= 0.6 is 0 Å². The minimum atomic E-state index is -0.562. The fourth-order valence-electron chi connectivity index (χ4n) is 0.202. The average molecular weight is 106 g/mol. The first-order valence-electron chi connectivity index (χ1n) is 1.82. The normalized spacial score (nSPS) is 7.71. The highest BCUT2D eigenvalue weighted by atomic mass is 16.6. The van der Waals surface area contributed by atoms with Gasteiger partial charge in [0, 0.05) is 13.8 Å². The Morgan fingerprint density at radius 1 is 1.14 bits per heavy atom. The topological polar surface area (TPSA) is 43.4 Å². The van der Waals surface area contributed by atoms with Crippen molar-refractivity contribution >= 4 is 11.9 Å². The van der Waals surface area contributed by atoms with Crippen LogP contribution in [-0.4, -0.2) is 11.9 Å². The molecule has 0 aromatic heterocycles. The molecule has 0 bridgehead atoms. The van der Waals surface area contributed by atoms with Crippen LogP contribution in [0, 0.1) is 0 Å². The van der Waals surface area contributed by atoms with E-state index in [2.05, 4.69) is 4.74 Å². The number of esters is 2. The van der Waals surface area contributed by atoms with Gasteiger partial charge in [0.05, 0.1) is 0 Å². The van der Waals surface area contributed by atoms with Gasteiger partial charge in [-0.1, -0.05) is 0 Å². The number of carbonyl (C=O) groups is 2. The van der Waals surface area contributed by atoms with Crippen molar-refractivity contribution in [3.63, 3.8) is 0 Å². The number of ether oxygens (including phenoxy) is 1. The second kappa shape index (κ2) is 2.34. The van der Waals surface area contributed by atoms with E-state index in [1.165, 1.54) is 13.8 Å². The standard InChI is InChI=1S/C4H6O3/c1-3(5)7-4(2)6/h1-2H3/i1+2,2+2. The smallest absolute Gasteiger partial charge is 0.310 e. The van der Waals surface area contributed by atoms with Gasteiger partial charge in [-0.25, -0.2) is 0 Å². The van der Waals surface area contributed by atoms with Crippen LogP contribution in [-0.2, 0) is 14.3 Å². The molecule has 0 heterocycles. The molecule has 0 aromatic rings. The summed E-state index contributed by atoms with van der Waals surface area (Å²) in [6.07, 6.45) is 0. The number of hydrogen-bond acceptors (Lipinski definition) is 3. The molecule has 3 nitrogen and oxygen atoms in total. The molecular formula is C4H6O3. The minimum Gasteiger partial charge on any atom is -0.394 e. The first kappa shape index (κ1) is 6.14. The molecule has 40 valence electrons. The van der Waals surface area contributed by atoms with Gasteiger partial charge in [-0.3, -0.25) is 9.59 Å². The van der Waals surface area contributed by atoms with E-state index in [0.717, 1.165) is 0 Å². The predicted molar refractivity (Wildman–Crippen MR) is 22.4 cm³/mol. The van der Waals surface area contributed by atoms with Gasteiger partial charge >= 0.3 is 11.9 Å². The van der Waals surface area contributed by atoms with Crippen molar-refractivity contribution in [1.82, 2.24) is 0 Å². The van der Waals surface area contributed by atoms with E-state index < -0.39 is 11.9 Å². The monoisotopic (exact) mass is 106 g/mol. The van der Waals surface area contributed by atoms with Crippen LogP contribution in [0.5, 0.6) is 0 Å². The molecule has 0 fully saturated rings. The van der Waals surface area contributed by atoms with Gasteiger partial charge in [-0.2, -0.15) is 0 Å². The lowest BCUT2D eigenvalue weighted by Gasteiger charge is -1.87. The van der Waals surface area contributed by atoms with Crippen LogP contribution in [0.1, 0.15) is 13.8 Å². The van der Waals surface area contributed by atoms with Crippen LogP contribution < -0.4 is 0 Å². The van der Waals surface area contributed by atoms with Crippen LogP contribution in [0.15, 0.2) is 0 Å². The summed E-state index contributed by atoms with van der Waals surface area (Å²) in [6, 6.07) is 0. The van der Waals surface area contributed by atoms with Gasteiger partial charge in [0.25, 0.3) is 0 Å². The number of rotatable bonds is 0. The van der Waals surface area contributed by atoms with Gasteiger partial charge < -0.3 is 4.74 Å². The first-order chi connectivity index (χ1) is 3.13. The fraction of sp³-hybridized carbons (Fsp3) is 0.500. The van der Waals surface area contributed by atoms with Crippen molar-refractivity contribution in [3.8, 4) is 0 Å². The highest BCUT2D eigenvalue weighted by Gasteiger charge is 1.93. The predicted octanol–water partition coefficient (Wildman–Crippen LogP) is 0.0960. The minimum absolute atomic E-state index is 0.562. The SMILES string of the molecule is [14CH3]C(=O)OC([14CH3])=O. The lowest BCUT2D eigenvalue weighted by atomic mass is 11.1. The second-order valence-electron chi connectivity index (χ2n) is 1.09. The average Bonchev–Trinajstić information content (AvgIpc) is 1.27. The molecule has 7 heavy (non-hydrogen) atoms. The third-order valence-corrected chi connectivity index (χ3v) is 0.287. The molecule has 0 aliphatic rings. The zero-order valence-corrected chi connectivity index (χ0v) is 4.22. The number of hydrogen-bond donors (Lipinski definition) is 0. The summed E-state index contributed by atoms with van der Waals surface area (Å²) in [5.41, 5.74) is 0. The highest BCUT2D eigenvalue weighted by Crippen LogP contribution is 1.73. The third kappa shape index (κ3) is 5.14. The lowest BCUT2D eigenvalue weighted by Crippen LogP contribution is -2.03. The summed E-state index contributed by atoms with van der Waals surface area (Å²) >= 11 is 0. The van der Waals surface area contributed by atoms with Crippen LogP contribution in [0.2, 0.25) is 0 Å². The van der Waals surface area contributed by atoms with E-state index in [9.17, 15) is 9.59 Å². The highest BCUT2D eigenvalue weighted by molar-refractivity contribution is 5.82. The van der Waals surface area contributed by atoms with Gasteiger partial charge in [-0.05, 0) is 0 Å². The summed E-state index contributed by atoms with van der Waals surface area (Å²) in [6.45, 7) is 2.36. The molecule has 0 aromatic carbocycles. The maximum absolute atomic E-state index is 9.81.